The summed E-state index contributed by atoms with van der Waals surface area (Å²) in [7, 11) is 0. The summed E-state index contributed by atoms with van der Waals surface area (Å²) in [5.41, 5.74) is 13.4. The number of halogens is 2. The molecule has 2 atom stereocenters. The Balaban J connectivity index is 0.00000153. The summed E-state index contributed by atoms with van der Waals surface area (Å²) in [5.74, 6) is 0. The van der Waals surface area contributed by atoms with Gasteiger partial charge in [0.15, 0.2) is 0 Å². The number of fused-ring (bicyclic) bond motifs is 2. The van der Waals surface area contributed by atoms with E-state index < -0.39 is 19.8 Å². The second-order valence-corrected chi connectivity index (χ2v) is 20.0. The maximum absolute atomic E-state index is 3.07. The smallest absolute Gasteiger partial charge is 0.147 e. The van der Waals surface area contributed by atoms with Crippen LogP contribution in [0.5, 0.6) is 0 Å². The summed E-state index contributed by atoms with van der Waals surface area (Å²) in [5, 5.41) is 0. The number of allylic oxidation sites excluding steroid dienone is 2. The van der Waals surface area contributed by atoms with Crippen molar-refractivity contribution in [3.8, 4) is 0 Å². The van der Waals surface area contributed by atoms with Crippen LogP contribution in [0, 0.1) is 13.8 Å². The van der Waals surface area contributed by atoms with Gasteiger partial charge in [-0.2, -0.15) is 0 Å². The maximum atomic E-state index is 2.76. The number of hydrogen-bond donors (Lipinski definition) is 0. The summed E-state index contributed by atoms with van der Waals surface area (Å²) >= 11 is -3.07. The van der Waals surface area contributed by atoms with Crippen molar-refractivity contribution in [1.82, 2.24) is 0 Å². The molecule has 0 fully saturated rings. The fraction of sp³-hybridized carbons (Fsp3) is 0.233. The molecule has 2 unspecified atom stereocenters. The molecule has 2 aliphatic rings. The number of benzene rings is 3. The van der Waals surface area contributed by atoms with Gasteiger partial charge in [0.25, 0.3) is 0 Å². The van der Waals surface area contributed by atoms with Crippen LogP contribution in [0.1, 0.15) is 60.0 Å². The van der Waals surface area contributed by atoms with Crippen molar-refractivity contribution in [2.45, 2.75) is 39.6 Å². The molecule has 0 radical (unpaired) electrons. The van der Waals surface area contributed by atoms with Crippen LogP contribution in [0.25, 0.3) is 12.2 Å². The summed E-state index contributed by atoms with van der Waals surface area (Å²) < 4.78 is 6.57. The summed E-state index contributed by atoms with van der Waals surface area (Å²) in [4.78, 5) is 0. The molecule has 171 valence electrons. The van der Waals surface area contributed by atoms with Gasteiger partial charge in [-0.05, 0) is 0 Å². The molecule has 0 saturated carbocycles. The van der Waals surface area contributed by atoms with Gasteiger partial charge in [0, 0.05) is 0 Å². The van der Waals surface area contributed by atoms with E-state index in [4.69, 9.17) is 0 Å². The van der Waals surface area contributed by atoms with Crippen LogP contribution in [0.2, 0.25) is 4.63 Å². The average Bonchev–Trinajstić information content (AvgIpc) is 3.27. The van der Waals surface area contributed by atoms with Crippen molar-refractivity contribution in [1.29, 1.82) is 0 Å². The third-order valence-electron chi connectivity index (χ3n) is 7.51. The molecule has 0 bridgehead atoms. The van der Waals surface area contributed by atoms with Crippen molar-refractivity contribution in [3.05, 3.63) is 117 Å². The Kier molecular flexibility index (Phi) is 7.90. The van der Waals surface area contributed by atoms with E-state index in [-0.39, 0.29) is 24.8 Å². The number of hydrogen-bond acceptors (Lipinski definition) is 0. The molecule has 0 aliphatic heterocycles. The Labute approximate surface area is 215 Å². The van der Waals surface area contributed by atoms with Gasteiger partial charge in [-0.1, -0.05) is 0 Å². The van der Waals surface area contributed by atoms with Crippen LogP contribution in [0.3, 0.4) is 0 Å². The van der Waals surface area contributed by atoms with E-state index in [1.165, 1.54) is 27.8 Å². The molecular formula is C30H33Cl2Zr. The Morgan fingerprint density at radius 1 is 0.606 bits per heavy atom. The Hall–Kier alpha value is -1.53. The minimum atomic E-state index is -3.07. The predicted octanol–water partition coefficient (Wildman–Crippen LogP) is 8.82. The van der Waals surface area contributed by atoms with Crippen LogP contribution in [-0.4, -0.2) is 3.71 Å². The van der Waals surface area contributed by atoms with Gasteiger partial charge < -0.3 is 0 Å². The summed E-state index contributed by atoms with van der Waals surface area (Å²) in [6.07, 6.45) is 4.96. The van der Waals surface area contributed by atoms with Gasteiger partial charge in [-0.25, -0.2) is 0 Å². The van der Waals surface area contributed by atoms with Gasteiger partial charge in [-0.3, -0.25) is 0 Å². The minimum absolute atomic E-state index is 0. The molecule has 33 heavy (non-hydrogen) atoms. The van der Waals surface area contributed by atoms with E-state index in [0.29, 0.717) is 7.25 Å². The molecule has 0 amide bonds. The maximum Gasteiger partial charge on any atom is -0.147 e. The third-order valence-corrected chi connectivity index (χ3v) is 19.7. The van der Waals surface area contributed by atoms with Crippen molar-refractivity contribution in [3.63, 3.8) is 0 Å². The molecular weight excluding hydrogens is 522 g/mol. The first-order chi connectivity index (χ1) is 14.9. The van der Waals surface area contributed by atoms with Crippen LogP contribution in [0.4, 0.5) is 0 Å². The van der Waals surface area contributed by atoms with E-state index in [1.54, 1.807) is 22.3 Å². The summed E-state index contributed by atoms with van der Waals surface area (Å²) in [6.45, 7) is 9.28. The molecule has 2 aliphatic carbocycles. The zero-order valence-corrected chi connectivity index (χ0v) is 24.1. The van der Waals surface area contributed by atoms with E-state index in [2.05, 4.69) is 115 Å². The van der Waals surface area contributed by atoms with Crippen molar-refractivity contribution >= 4 is 40.7 Å². The first-order valence-corrected chi connectivity index (χ1v) is 18.1. The first kappa shape index (κ1) is 26.1. The van der Waals surface area contributed by atoms with Crippen molar-refractivity contribution in [2.24, 2.45) is 0 Å². The topological polar surface area (TPSA) is 0 Å². The van der Waals surface area contributed by atoms with Gasteiger partial charge in [0.05, 0.1) is 0 Å². The Morgan fingerprint density at radius 3 is 1.52 bits per heavy atom. The van der Waals surface area contributed by atoms with Gasteiger partial charge in [0.2, 0.25) is 0 Å². The number of aryl methyl sites for hydroxylation is 2. The molecule has 0 nitrogen and oxygen atoms in total. The van der Waals surface area contributed by atoms with Crippen LogP contribution < -0.4 is 0 Å². The quantitative estimate of drug-likeness (QED) is 0.303. The third kappa shape index (κ3) is 4.34. The van der Waals surface area contributed by atoms with E-state index in [0.717, 1.165) is 0 Å². The van der Waals surface area contributed by atoms with Crippen LogP contribution >= 0.6 is 24.8 Å². The molecule has 3 aromatic rings. The average molecular weight is 556 g/mol. The predicted molar refractivity (Wildman–Crippen MR) is 147 cm³/mol. The Morgan fingerprint density at radius 2 is 1.06 bits per heavy atom. The first-order valence-electron chi connectivity index (χ1n) is 11.4. The van der Waals surface area contributed by atoms with E-state index in [9.17, 15) is 0 Å². The van der Waals surface area contributed by atoms with Crippen LogP contribution in [0.15, 0.2) is 77.9 Å². The molecule has 0 aromatic heterocycles. The van der Waals surface area contributed by atoms with Crippen LogP contribution in [-0.2, 0) is 19.8 Å². The standard InChI is InChI=1S/2C11H11.C7H6.CH3.2ClH.Zr/c2*1-8-6-10-5-3-4-9(2)11(10)7-8;1-7-5-3-2-4-6-7;;;;/h2*3-7H,1-2H3;1-6H;1H3;2*1H;. The Bertz CT molecular complexity index is 1220. The molecule has 0 heterocycles. The minimum Gasteiger partial charge on any atom is -0.147 e. The normalized spacial score (nSPS) is 19.8. The molecule has 5 rings (SSSR count). The molecule has 3 heteroatoms. The molecule has 3 aromatic carbocycles. The van der Waals surface area contributed by atoms with Crippen molar-refractivity contribution < 1.29 is 19.8 Å². The zero-order chi connectivity index (χ0) is 21.8. The van der Waals surface area contributed by atoms with Crippen molar-refractivity contribution in [2.75, 3.05) is 0 Å². The van der Waals surface area contributed by atoms with Gasteiger partial charge in [-0.15, -0.1) is 24.8 Å². The SMILES string of the molecule is CC1=Cc2c(C)cccc2[CH]1[Zr]([CH3])(=[CH]c1ccccc1)[CH]1C(C)=Cc2c(C)cccc21.Cl.Cl. The van der Waals surface area contributed by atoms with Gasteiger partial charge >= 0.3 is 192 Å². The zero-order valence-electron chi connectivity index (χ0n) is 20.1. The molecule has 0 spiro atoms. The molecule has 0 N–H and O–H groups in total. The second-order valence-electron chi connectivity index (χ2n) is 9.72. The molecule has 0 saturated heterocycles. The fourth-order valence-corrected chi connectivity index (χ4v) is 20.0. The second kappa shape index (κ2) is 9.99. The largest absolute Gasteiger partial charge is 0.147 e. The van der Waals surface area contributed by atoms with E-state index >= 15 is 0 Å². The number of rotatable bonds is 3. The summed E-state index contributed by atoms with van der Waals surface area (Å²) in [6, 6.07) is 24.9. The monoisotopic (exact) mass is 553 g/mol. The van der Waals surface area contributed by atoms with E-state index in [1.807, 2.05) is 0 Å². The fourth-order valence-electron chi connectivity index (χ4n) is 6.31. The van der Waals surface area contributed by atoms with Gasteiger partial charge in [0.1, 0.15) is 0 Å².